The molecule has 3 heteroatoms. The van der Waals surface area contributed by atoms with E-state index in [0.717, 1.165) is 31.5 Å². The fraction of sp³-hybridized carbons (Fsp3) is 0.647. The molecule has 0 bridgehead atoms. The Morgan fingerprint density at radius 3 is 2.60 bits per heavy atom. The Kier molecular flexibility index (Phi) is 5.06. The average molecular weight is 276 g/mol. The summed E-state index contributed by atoms with van der Waals surface area (Å²) < 4.78 is 0. The summed E-state index contributed by atoms with van der Waals surface area (Å²) in [4.78, 5) is 2.51. The first-order valence-corrected chi connectivity index (χ1v) is 7.80. The maximum atomic E-state index is 9.87. The van der Waals surface area contributed by atoms with Gasteiger partial charge in [-0.2, -0.15) is 0 Å². The summed E-state index contributed by atoms with van der Waals surface area (Å²) in [7, 11) is 0. The van der Waals surface area contributed by atoms with E-state index >= 15 is 0 Å². The molecule has 1 unspecified atom stereocenters. The van der Waals surface area contributed by atoms with Gasteiger partial charge in [0, 0.05) is 31.2 Å². The van der Waals surface area contributed by atoms with Gasteiger partial charge in [0.15, 0.2) is 0 Å². The molecule has 0 fully saturated rings. The highest BCUT2D eigenvalue weighted by Gasteiger charge is 2.24. The topological polar surface area (TPSA) is 35.5 Å². The molecule has 1 aromatic carbocycles. The van der Waals surface area contributed by atoms with Crippen LogP contribution in [0.5, 0.6) is 5.75 Å². The SMILES string of the molecule is CC(C)N(CCNC1CCc2c(O)cccc21)C(C)C. The number of phenolic OH excluding ortho intramolecular Hbond substituents is 1. The predicted molar refractivity (Wildman–Crippen MR) is 84.1 cm³/mol. The van der Waals surface area contributed by atoms with Crippen LogP contribution in [0.4, 0.5) is 0 Å². The lowest BCUT2D eigenvalue weighted by molar-refractivity contribution is 0.174. The average Bonchev–Trinajstić information content (AvgIpc) is 2.78. The molecule has 0 spiro atoms. The van der Waals surface area contributed by atoms with E-state index in [-0.39, 0.29) is 0 Å². The van der Waals surface area contributed by atoms with Gasteiger partial charge in [0.05, 0.1) is 0 Å². The van der Waals surface area contributed by atoms with Gasteiger partial charge >= 0.3 is 0 Å². The van der Waals surface area contributed by atoms with Crippen LogP contribution < -0.4 is 5.32 Å². The number of benzene rings is 1. The van der Waals surface area contributed by atoms with Crippen molar-refractivity contribution in [1.82, 2.24) is 10.2 Å². The quantitative estimate of drug-likeness (QED) is 0.838. The minimum atomic E-state index is 0.401. The standard InChI is InChI=1S/C17H28N2O/c1-12(2)19(13(3)4)11-10-18-16-9-8-15-14(16)6-5-7-17(15)20/h5-7,12-13,16,18,20H,8-11H2,1-4H3. The van der Waals surface area contributed by atoms with Crippen molar-refractivity contribution in [2.75, 3.05) is 13.1 Å². The highest BCUT2D eigenvalue weighted by atomic mass is 16.3. The Labute approximate surface area is 123 Å². The second-order valence-corrected chi connectivity index (χ2v) is 6.32. The zero-order valence-electron chi connectivity index (χ0n) is 13.2. The molecule has 0 saturated carbocycles. The third-order valence-corrected chi connectivity index (χ3v) is 4.33. The van der Waals surface area contributed by atoms with Crippen molar-refractivity contribution in [1.29, 1.82) is 0 Å². The third-order valence-electron chi connectivity index (χ3n) is 4.33. The highest BCUT2D eigenvalue weighted by molar-refractivity contribution is 5.44. The molecule has 0 heterocycles. The molecule has 1 atom stereocenters. The van der Waals surface area contributed by atoms with Crippen LogP contribution in [0.1, 0.15) is 51.3 Å². The van der Waals surface area contributed by atoms with Crippen LogP contribution in [0.2, 0.25) is 0 Å². The fourth-order valence-corrected chi connectivity index (χ4v) is 3.33. The zero-order valence-corrected chi connectivity index (χ0v) is 13.2. The van der Waals surface area contributed by atoms with Crippen LogP contribution in [0.25, 0.3) is 0 Å². The van der Waals surface area contributed by atoms with E-state index in [1.807, 2.05) is 6.07 Å². The van der Waals surface area contributed by atoms with Gasteiger partial charge in [-0.15, -0.1) is 0 Å². The van der Waals surface area contributed by atoms with Crippen molar-refractivity contribution in [2.45, 2.75) is 58.7 Å². The van der Waals surface area contributed by atoms with Crippen LogP contribution >= 0.6 is 0 Å². The Balaban J connectivity index is 1.89. The van der Waals surface area contributed by atoms with Crippen molar-refractivity contribution >= 4 is 0 Å². The van der Waals surface area contributed by atoms with Crippen LogP contribution in [0, 0.1) is 0 Å². The molecule has 1 aliphatic carbocycles. The van der Waals surface area contributed by atoms with E-state index in [1.165, 1.54) is 5.56 Å². The van der Waals surface area contributed by atoms with Crippen LogP contribution in [-0.2, 0) is 6.42 Å². The molecule has 3 nitrogen and oxygen atoms in total. The molecule has 0 aromatic heterocycles. The highest BCUT2D eigenvalue weighted by Crippen LogP contribution is 2.36. The monoisotopic (exact) mass is 276 g/mol. The summed E-state index contributed by atoms with van der Waals surface area (Å²) in [5.74, 6) is 0.456. The molecule has 2 rings (SSSR count). The Bertz CT molecular complexity index is 435. The van der Waals surface area contributed by atoms with Gasteiger partial charge in [-0.25, -0.2) is 0 Å². The maximum absolute atomic E-state index is 9.87. The summed E-state index contributed by atoms with van der Waals surface area (Å²) in [6, 6.07) is 7.44. The van der Waals surface area contributed by atoms with E-state index in [9.17, 15) is 5.11 Å². The smallest absolute Gasteiger partial charge is 0.119 e. The van der Waals surface area contributed by atoms with Gasteiger partial charge in [0.25, 0.3) is 0 Å². The third kappa shape index (κ3) is 3.33. The summed E-state index contributed by atoms with van der Waals surface area (Å²) in [6.07, 6.45) is 2.08. The molecular weight excluding hydrogens is 248 g/mol. The minimum absolute atomic E-state index is 0.401. The van der Waals surface area contributed by atoms with Crippen molar-refractivity contribution in [2.24, 2.45) is 0 Å². The van der Waals surface area contributed by atoms with Crippen molar-refractivity contribution < 1.29 is 5.11 Å². The zero-order chi connectivity index (χ0) is 14.7. The minimum Gasteiger partial charge on any atom is -0.508 e. The lowest BCUT2D eigenvalue weighted by Crippen LogP contribution is -2.41. The molecule has 0 saturated heterocycles. The molecule has 0 radical (unpaired) electrons. The lowest BCUT2D eigenvalue weighted by atomic mass is 10.1. The van der Waals surface area contributed by atoms with Crippen molar-refractivity contribution in [3.8, 4) is 5.75 Å². The molecule has 1 aromatic rings. The van der Waals surface area contributed by atoms with Crippen molar-refractivity contribution in [3.63, 3.8) is 0 Å². The van der Waals surface area contributed by atoms with Crippen LogP contribution in [0.15, 0.2) is 18.2 Å². The molecule has 1 aliphatic rings. The van der Waals surface area contributed by atoms with E-state index in [0.29, 0.717) is 23.9 Å². The van der Waals surface area contributed by atoms with E-state index in [2.05, 4.69) is 44.0 Å². The van der Waals surface area contributed by atoms with Gasteiger partial charge in [-0.1, -0.05) is 12.1 Å². The Morgan fingerprint density at radius 1 is 1.25 bits per heavy atom. The van der Waals surface area contributed by atoms with E-state index in [1.54, 1.807) is 6.07 Å². The number of fused-ring (bicyclic) bond motifs is 1. The second-order valence-electron chi connectivity index (χ2n) is 6.32. The van der Waals surface area contributed by atoms with Gasteiger partial charge in [-0.3, -0.25) is 4.90 Å². The summed E-state index contributed by atoms with van der Waals surface area (Å²) in [5.41, 5.74) is 2.42. The number of nitrogens with zero attached hydrogens (tertiary/aromatic N) is 1. The van der Waals surface area contributed by atoms with Gasteiger partial charge in [-0.05, 0) is 57.7 Å². The van der Waals surface area contributed by atoms with E-state index in [4.69, 9.17) is 0 Å². The van der Waals surface area contributed by atoms with E-state index < -0.39 is 0 Å². The number of nitrogens with one attached hydrogen (secondary N) is 1. The maximum Gasteiger partial charge on any atom is 0.119 e. The number of phenols is 1. The lowest BCUT2D eigenvalue weighted by Gasteiger charge is -2.31. The van der Waals surface area contributed by atoms with Gasteiger partial charge in [0.2, 0.25) is 0 Å². The first-order chi connectivity index (χ1) is 9.50. The molecule has 2 N–H and O–H groups in total. The normalized spacial score (nSPS) is 18.2. The van der Waals surface area contributed by atoms with Gasteiger partial charge < -0.3 is 10.4 Å². The predicted octanol–water partition coefficient (Wildman–Crippen LogP) is 3.09. The first kappa shape index (κ1) is 15.3. The second kappa shape index (κ2) is 6.59. The Hall–Kier alpha value is -1.06. The molecule has 0 aliphatic heterocycles. The fourth-order valence-electron chi connectivity index (χ4n) is 3.33. The summed E-state index contributed by atoms with van der Waals surface area (Å²) in [6.45, 7) is 11.1. The number of rotatable bonds is 6. The van der Waals surface area contributed by atoms with Crippen molar-refractivity contribution in [3.05, 3.63) is 29.3 Å². The molecule has 112 valence electrons. The largest absolute Gasteiger partial charge is 0.508 e. The first-order valence-electron chi connectivity index (χ1n) is 7.80. The van der Waals surface area contributed by atoms with Gasteiger partial charge in [0.1, 0.15) is 5.75 Å². The molecule has 20 heavy (non-hydrogen) atoms. The Morgan fingerprint density at radius 2 is 1.95 bits per heavy atom. The van der Waals surface area contributed by atoms with Crippen LogP contribution in [-0.4, -0.2) is 35.2 Å². The molecular formula is C17H28N2O. The number of hydrogen-bond donors (Lipinski definition) is 2. The number of hydrogen-bond acceptors (Lipinski definition) is 3. The summed E-state index contributed by atoms with van der Waals surface area (Å²) in [5, 5.41) is 13.5. The number of aromatic hydroxyl groups is 1. The summed E-state index contributed by atoms with van der Waals surface area (Å²) >= 11 is 0. The molecule has 0 amide bonds. The van der Waals surface area contributed by atoms with Crippen LogP contribution in [0.3, 0.4) is 0 Å².